The minimum absolute atomic E-state index is 0.104. The number of carboxylic acid groups (broad SMARTS) is 1. The van der Waals surface area contributed by atoms with Gasteiger partial charge in [-0.1, -0.05) is 51.1 Å². The van der Waals surface area contributed by atoms with E-state index in [9.17, 15) is 19.5 Å². The van der Waals surface area contributed by atoms with E-state index in [0.717, 1.165) is 28.3 Å². The number of likely N-dealkylation sites (tertiary alicyclic amines) is 1. The lowest BCUT2D eigenvalue weighted by Gasteiger charge is -2.34. The van der Waals surface area contributed by atoms with Crippen LogP contribution >= 0.6 is 0 Å². The Bertz CT molecular complexity index is 1280. The summed E-state index contributed by atoms with van der Waals surface area (Å²) >= 11 is 0. The van der Waals surface area contributed by atoms with E-state index in [-0.39, 0.29) is 12.4 Å². The zero-order chi connectivity index (χ0) is 27.3. The van der Waals surface area contributed by atoms with Crippen molar-refractivity contribution in [2.24, 2.45) is 0 Å². The number of anilines is 1. The van der Waals surface area contributed by atoms with Crippen LogP contribution in [0.1, 0.15) is 32.8 Å². The first-order valence-electron chi connectivity index (χ1n) is 13.0. The summed E-state index contributed by atoms with van der Waals surface area (Å²) in [5.74, 6) is -0.154. The SMILES string of the molecule is CC[Si](CC)(CC)O[C@@H]1CCN(C(=O)OCc2ccccc2)[C@H]1C(=O)Nc1ccc2c(ccn2C(=O)O)n1. The van der Waals surface area contributed by atoms with Gasteiger partial charge in [-0.15, -0.1) is 0 Å². The van der Waals surface area contributed by atoms with Gasteiger partial charge in [0.2, 0.25) is 0 Å². The molecule has 0 saturated carbocycles. The number of ether oxygens (including phenoxy) is 1. The van der Waals surface area contributed by atoms with E-state index in [1.807, 2.05) is 30.3 Å². The average Bonchev–Trinajstić information content (AvgIpc) is 3.55. The maximum atomic E-state index is 13.7. The highest BCUT2D eigenvalue weighted by Crippen LogP contribution is 2.31. The van der Waals surface area contributed by atoms with Crippen LogP contribution in [0, 0.1) is 0 Å². The van der Waals surface area contributed by atoms with Gasteiger partial charge in [0.1, 0.15) is 18.5 Å². The highest BCUT2D eigenvalue weighted by Gasteiger charge is 2.46. The molecule has 0 aliphatic carbocycles. The molecule has 0 bridgehead atoms. The van der Waals surface area contributed by atoms with Crippen molar-refractivity contribution < 1.29 is 28.7 Å². The first-order chi connectivity index (χ1) is 18.3. The highest BCUT2D eigenvalue weighted by molar-refractivity contribution is 6.73. The van der Waals surface area contributed by atoms with Crippen LogP contribution in [0.2, 0.25) is 18.1 Å². The van der Waals surface area contributed by atoms with Crippen molar-refractivity contribution in [2.75, 3.05) is 11.9 Å². The largest absolute Gasteiger partial charge is 0.464 e. The van der Waals surface area contributed by atoms with E-state index in [1.54, 1.807) is 18.2 Å². The van der Waals surface area contributed by atoms with Crippen molar-refractivity contribution in [1.29, 1.82) is 0 Å². The number of pyridine rings is 1. The van der Waals surface area contributed by atoms with Gasteiger partial charge in [-0.25, -0.2) is 14.6 Å². The van der Waals surface area contributed by atoms with Crippen LogP contribution in [-0.2, 0) is 20.6 Å². The minimum atomic E-state index is -2.07. The Morgan fingerprint density at radius 2 is 1.76 bits per heavy atom. The molecule has 1 aliphatic heterocycles. The monoisotopic (exact) mass is 538 g/mol. The van der Waals surface area contributed by atoms with Crippen LogP contribution < -0.4 is 5.32 Å². The number of amides is 2. The lowest BCUT2D eigenvalue weighted by Crippen LogP contribution is -2.52. The van der Waals surface area contributed by atoms with Crippen LogP contribution in [-0.4, -0.2) is 64.7 Å². The van der Waals surface area contributed by atoms with Gasteiger partial charge in [-0.3, -0.25) is 14.3 Å². The first-order valence-corrected chi connectivity index (χ1v) is 15.5. The molecule has 38 heavy (non-hydrogen) atoms. The van der Waals surface area contributed by atoms with E-state index in [0.29, 0.717) is 24.0 Å². The molecule has 1 aliphatic rings. The molecule has 1 saturated heterocycles. The minimum Gasteiger partial charge on any atom is -0.464 e. The molecule has 0 unspecified atom stereocenters. The van der Waals surface area contributed by atoms with Crippen molar-refractivity contribution in [3.63, 3.8) is 0 Å². The van der Waals surface area contributed by atoms with Crippen molar-refractivity contribution in [3.05, 3.63) is 60.3 Å². The van der Waals surface area contributed by atoms with Gasteiger partial charge in [0.25, 0.3) is 5.91 Å². The predicted molar refractivity (Wildman–Crippen MR) is 146 cm³/mol. The van der Waals surface area contributed by atoms with Crippen molar-refractivity contribution in [3.8, 4) is 0 Å². The molecule has 11 heteroatoms. The Morgan fingerprint density at radius 3 is 2.42 bits per heavy atom. The summed E-state index contributed by atoms with van der Waals surface area (Å²) in [6.45, 7) is 6.81. The van der Waals surface area contributed by atoms with Crippen LogP contribution in [0.3, 0.4) is 0 Å². The van der Waals surface area contributed by atoms with E-state index in [1.165, 1.54) is 11.1 Å². The smallest absolute Gasteiger partial charge is 0.416 e. The fraction of sp³-hybridized carbons (Fsp3) is 0.407. The van der Waals surface area contributed by atoms with Gasteiger partial charge in [0.05, 0.1) is 17.1 Å². The molecule has 1 fully saturated rings. The molecule has 0 spiro atoms. The van der Waals surface area contributed by atoms with E-state index < -0.39 is 38.6 Å². The molecule has 10 nitrogen and oxygen atoms in total. The van der Waals surface area contributed by atoms with Crippen LogP contribution in [0.4, 0.5) is 15.4 Å². The molecule has 2 atom stereocenters. The van der Waals surface area contributed by atoms with Crippen molar-refractivity contribution >= 4 is 43.3 Å². The number of fused-ring (bicyclic) bond motifs is 1. The van der Waals surface area contributed by atoms with E-state index in [2.05, 4.69) is 31.1 Å². The second-order valence-corrected chi connectivity index (χ2v) is 14.1. The molecule has 3 aromatic rings. The highest BCUT2D eigenvalue weighted by atomic mass is 28.4. The second-order valence-electron chi connectivity index (χ2n) is 9.43. The second kappa shape index (κ2) is 11.8. The third-order valence-corrected chi connectivity index (χ3v) is 12.1. The first kappa shape index (κ1) is 27.3. The van der Waals surface area contributed by atoms with Gasteiger partial charge >= 0.3 is 12.2 Å². The number of carbonyl (C=O) groups is 3. The van der Waals surface area contributed by atoms with Crippen LogP contribution in [0.15, 0.2) is 54.7 Å². The van der Waals surface area contributed by atoms with Gasteiger partial charge in [-0.2, -0.15) is 0 Å². The molecule has 3 heterocycles. The summed E-state index contributed by atoms with van der Waals surface area (Å²) in [7, 11) is -2.07. The number of hydrogen-bond acceptors (Lipinski definition) is 6. The summed E-state index contributed by atoms with van der Waals surface area (Å²) in [4.78, 5) is 44.0. The van der Waals surface area contributed by atoms with E-state index in [4.69, 9.17) is 9.16 Å². The average molecular weight is 539 g/mol. The third-order valence-electron chi connectivity index (χ3n) is 7.39. The molecule has 2 aromatic heterocycles. The number of carbonyl (C=O) groups excluding carboxylic acids is 2. The zero-order valence-corrected chi connectivity index (χ0v) is 22.9. The number of aromatic nitrogens is 2. The molecular formula is C27H34N4O6Si. The number of nitrogens with one attached hydrogen (secondary N) is 1. The molecule has 2 amide bonds. The normalized spacial score (nSPS) is 17.5. The predicted octanol–water partition coefficient (Wildman–Crippen LogP) is 5.30. The van der Waals surface area contributed by atoms with Gasteiger partial charge < -0.3 is 19.6 Å². The maximum absolute atomic E-state index is 13.7. The maximum Gasteiger partial charge on any atom is 0.416 e. The van der Waals surface area contributed by atoms with Gasteiger partial charge in [0.15, 0.2) is 8.32 Å². The van der Waals surface area contributed by atoms with E-state index >= 15 is 0 Å². The fourth-order valence-corrected chi connectivity index (χ4v) is 7.87. The topological polar surface area (TPSA) is 123 Å². The lowest BCUT2D eigenvalue weighted by atomic mass is 10.1. The summed E-state index contributed by atoms with van der Waals surface area (Å²) in [6.07, 6.45) is -0.214. The number of rotatable bonds is 9. The number of nitrogens with zero attached hydrogens (tertiary/aromatic N) is 3. The Kier molecular flexibility index (Phi) is 8.47. The Morgan fingerprint density at radius 1 is 1.05 bits per heavy atom. The van der Waals surface area contributed by atoms with Crippen LogP contribution in [0.5, 0.6) is 0 Å². The molecule has 1 aromatic carbocycles. The van der Waals surface area contributed by atoms with Crippen LogP contribution in [0.25, 0.3) is 11.0 Å². The Hall–Kier alpha value is -3.70. The Labute approximate surface area is 222 Å². The van der Waals surface area contributed by atoms with Gasteiger partial charge in [0, 0.05) is 12.7 Å². The summed E-state index contributed by atoms with van der Waals surface area (Å²) < 4.78 is 13.3. The summed E-state index contributed by atoms with van der Waals surface area (Å²) in [6, 6.07) is 16.0. The molecular weight excluding hydrogens is 504 g/mol. The van der Waals surface area contributed by atoms with Crippen molar-refractivity contribution in [2.45, 2.75) is 64.1 Å². The standard InChI is InChI=1S/C27H34N4O6Si/c1-4-38(5-2,6-3)37-22-15-17-31(27(35)36-18-19-10-8-7-9-11-19)24(22)25(32)29-23-13-12-21-20(28-23)14-16-30(21)26(33)34/h7-14,16,22,24H,4-6,15,17-18H2,1-3H3,(H,33,34)(H,28,29,32)/t22-,24-/m1/s1. The Balaban J connectivity index is 1.56. The van der Waals surface area contributed by atoms with Crippen molar-refractivity contribution in [1.82, 2.24) is 14.5 Å². The quantitative estimate of drug-likeness (QED) is 0.354. The molecule has 0 radical (unpaired) electrons. The third kappa shape index (κ3) is 5.73. The molecule has 4 rings (SSSR count). The molecule has 2 N–H and O–H groups in total. The number of hydrogen-bond donors (Lipinski definition) is 2. The summed E-state index contributed by atoms with van der Waals surface area (Å²) in [5, 5.41) is 12.1. The number of benzene rings is 1. The summed E-state index contributed by atoms with van der Waals surface area (Å²) in [5.41, 5.74) is 1.69. The fourth-order valence-electron chi connectivity index (χ4n) is 4.98. The zero-order valence-electron chi connectivity index (χ0n) is 21.9. The lowest BCUT2D eigenvalue weighted by molar-refractivity contribution is -0.122. The van der Waals surface area contributed by atoms with Gasteiger partial charge in [-0.05, 0) is 48.3 Å². The molecule has 202 valence electrons.